The topological polar surface area (TPSA) is 46.2 Å². The minimum atomic E-state index is -0.301. The fourth-order valence-electron chi connectivity index (χ4n) is 3.06. The zero-order valence-corrected chi connectivity index (χ0v) is 19.4. The average molecular weight is 553 g/mol. The summed E-state index contributed by atoms with van der Waals surface area (Å²) < 4.78 is 30.4. The van der Waals surface area contributed by atoms with Crippen molar-refractivity contribution in [1.82, 2.24) is 0 Å². The van der Waals surface area contributed by atoms with Gasteiger partial charge in [-0.15, -0.1) is 0 Å². The molecule has 3 rings (SSSR count). The predicted molar refractivity (Wildman–Crippen MR) is 109 cm³/mol. The van der Waals surface area contributed by atoms with E-state index in [1.807, 2.05) is 12.1 Å². The zero-order chi connectivity index (χ0) is 19.0. The third kappa shape index (κ3) is 3.10. The first-order valence-electron chi connectivity index (χ1n) is 7.63. The molecule has 2 aromatic carbocycles. The SMILES string of the molecule is COc1cc(C2OCc3cc(OC)c(OC)c(Br)c32)c(Br)c(Br)c1OC. The monoisotopic (exact) mass is 550 g/mol. The van der Waals surface area contributed by atoms with Gasteiger partial charge in [0.1, 0.15) is 6.10 Å². The number of hydrogen-bond donors (Lipinski definition) is 0. The lowest BCUT2D eigenvalue weighted by atomic mass is 9.98. The van der Waals surface area contributed by atoms with Gasteiger partial charge < -0.3 is 23.7 Å². The van der Waals surface area contributed by atoms with E-state index in [-0.39, 0.29) is 6.10 Å². The first-order valence-corrected chi connectivity index (χ1v) is 10.0. The molecule has 0 amide bonds. The summed E-state index contributed by atoms with van der Waals surface area (Å²) in [7, 11) is 6.44. The average Bonchev–Trinajstić information content (AvgIpc) is 3.07. The summed E-state index contributed by atoms with van der Waals surface area (Å²) in [5, 5.41) is 0. The second-order valence-corrected chi connectivity index (χ2v) is 7.90. The van der Waals surface area contributed by atoms with Crippen LogP contribution in [-0.4, -0.2) is 28.4 Å². The Kier molecular flexibility index (Phi) is 6.06. The van der Waals surface area contributed by atoms with Crippen LogP contribution in [0.25, 0.3) is 0 Å². The minimum Gasteiger partial charge on any atom is -0.493 e. The maximum Gasteiger partial charge on any atom is 0.176 e. The van der Waals surface area contributed by atoms with Crippen LogP contribution >= 0.6 is 47.8 Å². The molecule has 0 radical (unpaired) electrons. The second-order valence-electron chi connectivity index (χ2n) is 5.52. The van der Waals surface area contributed by atoms with Crippen molar-refractivity contribution in [2.75, 3.05) is 28.4 Å². The van der Waals surface area contributed by atoms with Crippen LogP contribution in [0.3, 0.4) is 0 Å². The standard InChI is InChI=1S/C18H17Br3O5/c1-22-10-5-8-7-26-16(12(8)14(20)17(10)24-3)9-6-11(23-2)18(25-4)15(21)13(9)19/h5-6,16H,7H2,1-4H3. The molecule has 0 saturated carbocycles. The summed E-state index contributed by atoms with van der Waals surface area (Å²) in [6.07, 6.45) is -0.301. The highest BCUT2D eigenvalue weighted by molar-refractivity contribution is 9.13. The molecule has 0 bridgehead atoms. The Bertz CT molecular complexity index is 854. The zero-order valence-electron chi connectivity index (χ0n) is 14.6. The van der Waals surface area contributed by atoms with Crippen LogP contribution in [0.2, 0.25) is 0 Å². The van der Waals surface area contributed by atoms with E-state index < -0.39 is 0 Å². The van der Waals surface area contributed by atoms with Gasteiger partial charge in [-0.3, -0.25) is 0 Å². The van der Waals surface area contributed by atoms with Gasteiger partial charge in [0.2, 0.25) is 0 Å². The molecule has 0 aromatic heterocycles. The molecule has 1 atom stereocenters. The van der Waals surface area contributed by atoms with Crippen molar-refractivity contribution in [3.63, 3.8) is 0 Å². The Hall–Kier alpha value is -0.960. The first kappa shape index (κ1) is 19.8. The van der Waals surface area contributed by atoms with Crippen molar-refractivity contribution in [2.45, 2.75) is 12.7 Å². The van der Waals surface area contributed by atoms with E-state index in [9.17, 15) is 0 Å². The van der Waals surface area contributed by atoms with E-state index in [1.165, 1.54) is 0 Å². The smallest absolute Gasteiger partial charge is 0.176 e. The third-order valence-electron chi connectivity index (χ3n) is 4.27. The summed E-state index contributed by atoms with van der Waals surface area (Å²) in [6, 6.07) is 3.86. The van der Waals surface area contributed by atoms with Gasteiger partial charge >= 0.3 is 0 Å². The second kappa shape index (κ2) is 7.96. The van der Waals surface area contributed by atoms with Crippen LogP contribution < -0.4 is 18.9 Å². The van der Waals surface area contributed by atoms with Crippen LogP contribution in [0, 0.1) is 0 Å². The van der Waals surface area contributed by atoms with Crippen molar-refractivity contribution in [3.05, 3.63) is 42.2 Å². The van der Waals surface area contributed by atoms with Crippen molar-refractivity contribution in [1.29, 1.82) is 0 Å². The molecule has 0 N–H and O–H groups in total. The molecule has 0 aliphatic carbocycles. The highest BCUT2D eigenvalue weighted by Gasteiger charge is 2.34. The number of methoxy groups -OCH3 is 4. The van der Waals surface area contributed by atoms with Gasteiger partial charge in [0.15, 0.2) is 23.0 Å². The summed E-state index contributed by atoms with van der Waals surface area (Å²) >= 11 is 10.9. The molecule has 5 nitrogen and oxygen atoms in total. The Balaban J connectivity index is 2.20. The van der Waals surface area contributed by atoms with Gasteiger partial charge in [-0.25, -0.2) is 0 Å². The van der Waals surface area contributed by atoms with Gasteiger partial charge in [0, 0.05) is 15.6 Å². The molecule has 140 valence electrons. The van der Waals surface area contributed by atoms with Crippen LogP contribution in [0.1, 0.15) is 22.8 Å². The van der Waals surface area contributed by atoms with E-state index in [0.29, 0.717) is 29.6 Å². The van der Waals surface area contributed by atoms with Crippen molar-refractivity contribution in [3.8, 4) is 23.0 Å². The molecule has 1 unspecified atom stereocenters. The van der Waals surface area contributed by atoms with Gasteiger partial charge in [-0.05, 0) is 65.5 Å². The predicted octanol–water partition coefficient (Wildman–Crippen LogP) is 5.63. The quantitative estimate of drug-likeness (QED) is 0.481. The van der Waals surface area contributed by atoms with E-state index in [2.05, 4.69) is 47.8 Å². The number of fused-ring (bicyclic) bond motifs is 1. The molecule has 0 fully saturated rings. The first-order chi connectivity index (χ1) is 12.5. The van der Waals surface area contributed by atoms with E-state index in [0.717, 1.165) is 30.1 Å². The molecule has 8 heteroatoms. The molecular weight excluding hydrogens is 536 g/mol. The van der Waals surface area contributed by atoms with E-state index >= 15 is 0 Å². The van der Waals surface area contributed by atoms with Crippen LogP contribution in [0.4, 0.5) is 0 Å². The maximum atomic E-state index is 6.11. The number of hydrogen-bond acceptors (Lipinski definition) is 5. The molecule has 0 saturated heterocycles. The van der Waals surface area contributed by atoms with Gasteiger partial charge in [0.25, 0.3) is 0 Å². The highest BCUT2D eigenvalue weighted by atomic mass is 79.9. The lowest BCUT2D eigenvalue weighted by molar-refractivity contribution is 0.0928. The summed E-state index contributed by atoms with van der Waals surface area (Å²) in [4.78, 5) is 0. The van der Waals surface area contributed by atoms with Crippen molar-refractivity contribution in [2.24, 2.45) is 0 Å². The van der Waals surface area contributed by atoms with Crippen LogP contribution in [0.5, 0.6) is 23.0 Å². The van der Waals surface area contributed by atoms with E-state index in [4.69, 9.17) is 23.7 Å². The Morgan fingerprint density at radius 1 is 0.808 bits per heavy atom. The van der Waals surface area contributed by atoms with Gasteiger partial charge in [-0.2, -0.15) is 0 Å². The number of halogens is 3. The lowest BCUT2D eigenvalue weighted by Crippen LogP contribution is -2.04. The molecule has 1 heterocycles. The summed E-state index contributed by atoms with van der Waals surface area (Å²) in [5.74, 6) is 2.53. The fourth-order valence-corrected chi connectivity index (χ4v) is 4.97. The number of benzene rings is 2. The summed E-state index contributed by atoms with van der Waals surface area (Å²) in [6.45, 7) is 0.470. The van der Waals surface area contributed by atoms with Crippen LogP contribution in [-0.2, 0) is 11.3 Å². The Morgan fingerprint density at radius 2 is 1.38 bits per heavy atom. The van der Waals surface area contributed by atoms with Crippen molar-refractivity contribution < 1.29 is 23.7 Å². The summed E-state index contributed by atoms with van der Waals surface area (Å²) in [5.41, 5.74) is 2.96. The van der Waals surface area contributed by atoms with E-state index in [1.54, 1.807) is 28.4 Å². The molecule has 1 aliphatic heterocycles. The molecule has 1 aliphatic rings. The highest BCUT2D eigenvalue weighted by Crippen LogP contribution is 2.52. The normalized spacial score (nSPS) is 15.6. The Morgan fingerprint density at radius 3 is 1.96 bits per heavy atom. The van der Waals surface area contributed by atoms with Crippen LogP contribution in [0.15, 0.2) is 25.6 Å². The third-order valence-corrected chi connectivity index (χ3v) is 7.20. The van der Waals surface area contributed by atoms with Crippen molar-refractivity contribution >= 4 is 47.8 Å². The lowest BCUT2D eigenvalue weighted by Gasteiger charge is -2.20. The maximum absolute atomic E-state index is 6.11. The molecule has 26 heavy (non-hydrogen) atoms. The minimum absolute atomic E-state index is 0.301. The molecule has 0 spiro atoms. The van der Waals surface area contributed by atoms with Gasteiger partial charge in [0.05, 0.1) is 44.0 Å². The molecule has 2 aromatic rings. The number of rotatable bonds is 5. The largest absolute Gasteiger partial charge is 0.493 e. The van der Waals surface area contributed by atoms with Gasteiger partial charge in [-0.1, -0.05) is 0 Å². The molecular formula is C18H17Br3O5. The number of ether oxygens (including phenoxy) is 5. The Labute approximate surface area is 177 Å². The fraction of sp³-hybridized carbons (Fsp3) is 0.333.